The van der Waals surface area contributed by atoms with Crippen molar-refractivity contribution < 1.29 is 22.3 Å². The molecular weight excluding hydrogens is 332 g/mol. The standard InChI is InChI=1S/C11H8ClF2NO3S2/c12-8-2-7(13)3-9(14)11(8)15-20(17,18)10-1-6(4-16)5-19-10/h1-3,5,15-16H,4H2. The summed E-state index contributed by atoms with van der Waals surface area (Å²) in [5.41, 5.74) is -0.104. The zero-order chi connectivity index (χ0) is 14.9. The summed E-state index contributed by atoms with van der Waals surface area (Å²) in [5, 5.41) is 9.97. The number of hydrogen-bond donors (Lipinski definition) is 2. The maximum absolute atomic E-state index is 13.5. The van der Waals surface area contributed by atoms with Crippen molar-refractivity contribution >= 4 is 38.6 Å². The molecule has 0 aliphatic rings. The molecule has 0 amide bonds. The summed E-state index contributed by atoms with van der Waals surface area (Å²) in [4.78, 5) is 0. The molecule has 9 heteroatoms. The minimum Gasteiger partial charge on any atom is -0.392 e. The number of aliphatic hydroxyl groups excluding tert-OH is 1. The summed E-state index contributed by atoms with van der Waals surface area (Å²) in [6, 6.07) is 2.58. The minimum absolute atomic E-state index is 0.110. The van der Waals surface area contributed by atoms with Crippen molar-refractivity contribution in [3.8, 4) is 0 Å². The highest BCUT2D eigenvalue weighted by molar-refractivity contribution is 7.94. The van der Waals surface area contributed by atoms with Crippen LogP contribution in [0.3, 0.4) is 0 Å². The van der Waals surface area contributed by atoms with Crippen molar-refractivity contribution in [2.75, 3.05) is 4.72 Å². The SMILES string of the molecule is O=S(=O)(Nc1c(F)cc(F)cc1Cl)c1cc(CO)cs1. The Morgan fingerprint density at radius 1 is 1.30 bits per heavy atom. The van der Waals surface area contributed by atoms with Crippen molar-refractivity contribution in [3.63, 3.8) is 0 Å². The van der Waals surface area contributed by atoms with Crippen molar-refractivity contribution in [2.45, 2.75) is 10.8 Å². The highest BCUT2D eigenvalue weighted by Gasteiger charge is 2.21. The Balaban J connectivity index is 2.38. The summed E-state index contributed by atoms with van der Waals surface area (Å²) < 4.78 is 52.3. The van der Waals surface area contributed by atoms with Gasteiger partial charge in [-0.1, -0.05) is 11.6 Å². The fourth-order valence-corrected chi connectivity index (χ4v) is 3.99. The average molecular weight is 340 g/mol. The third-order valence-corrected chi connectivity index (χ3v) is 5.46. The Morgan fingerprint density at radius 2 is 2.00 bits per heavy atom. The van der Waals surface area contributed by atoms with Crippen LogP contribution in [0.5, 0.6) is 0 Å². The van der Waals surface area contributed by atoms with Gasteiger partial charge in [-0.05, 0) is 23.1 Å². The molecule has 4 nitrogen and oxygen atoms in total. The minimum atomic E-state index is -4.05. The average Bonchev–Trinajstić information content (AvgIpc) is 2.83. The fourth-order valence-electron chi connectivity index (χ4n) is 1.40. The molecule has 2 aromatic rings. The number of sulfonamides is 1. The molecule has 0 aliphatic carbocycles. The quantitative estimate of drug-likeness (QED) is 0.900. The fraction of sp³-hybridized carbons (Fsp3) is 0.0909. The van der Waals surface area contributed by atoms with Gasteiger partial charge in [0.1, 0.15) is 15.7 Å². The van der Waals surface area contributed by atoms with Gasteiger partial charge in [0, 0.05) is 6.07 Å². The maximum Gasteiger partial charge on any atom is 0.271 e. The highest BCUT2D eigenvalue weighted by atomic mass is 35.5. The summed E-state index contributed by atoms with van der Waals surface area (Å²) in [6.45, 7) is -0.308. The van der Waals surface area contributed by atoms with Crippen LogP contribution in [0.15, 0.2) is 27.8 Å². The monoisotopic (exact) mass is 339 g/mol. The molecule has 0 saturated heterocycles. The molecule has 1 aromatic heterocycles. The van der Waals surface area contributed by atoms with Crippen LogP contribution in [0.4, 0.5) is 14.5 Å². The summed E-state index contributed by atoms with van der Waals surface area (Å²) in [7, 11) is -4.05. The lowest BCUT2D eigenvalue weighted by Crippen LogP contribution is -2.13. The first-order chi connectivity index (χ1) is 9.33. The van der Waals surface area contributed by atoms with Crippen molar-refractivity contribution in [1.29, 1.82) is 0 Å². The van der Waals surface area contributed by atoms with Crippen LogP contribution in [0.2, 0.25) is 5.02 Å². The predicted octanol–water partition coefficient (Wildman–Crippen LogP) is 2.97. The van der Waals surface area contributed by atoms with E-state index in [4.69, 9.17) is 16.7 Å². The first kappa shape index (κ1) is 15.2. The third kappa shape index (κ3) is 3.09. The van der Waals surface area contributed by atoms with Crippen LogP contribution in [-0.2, 0) is 16.6 Å². The third-order valence-electron chi connectivity index (χ3n) is 2.32. The number of hydrogen-bond acceptors (Lipinski definition) is 4. The van der Waals surface area contributed by atoms with E-state index >= 15 is 0 Å². The molecule has 1 heterocycles. The van der Waals surface area contributed by atoms with Gasteiger partial charge >= 0.3 is 0 Å². The lowest BCUT2D eigenvalue weighted by atomic mass is 10.3. The van der Waals surface area contributed by atoms with E-state index in [1.807, 2.05) is 4.72 Å². The van der Waals surface area contributed by atoms with E-state index in [2.05, 4.69) is 0 Å². The molecule has 0 aliphatic heterocycles. The van der Waals surface area contributed by atoms with Crippen LogP contribution >= 0.6 is 22.9 Å². The Hall–Kier alpha value is -1.22. The predicted molar refractivity (Wildman–Crippen MR) is 72.4 cm³/mol. The molecule has 2 N–H and O–H groups in total. The number of anilines is 1. The van der Waals surface area contributed by atoms with Crippen molar-refractivity contribution in [2.24, 2.45) is 0 Å². The van der Waals surface area contributed by atoms with Gasteiger partial charge in [-0.25, -0.2) is 17.2 Å². The van der Waals surface area contributed by atoms with E-state index in [9.17, 15) is 17.2 Å². The van der Waals surface area contributed by atoms with E-state index in [0.717, 1.165) is 17.4 Å². The van der Waals surface area contributed by atoms with E-state index in [-0.39, 0.29) is 15.8 Å². The molecular formula is C11H8ClF2NO3S2. The smallest absolute Gasteiger partial charge is 0.271 e. The van der Waals surface area contributed by atoms with Crippen LogP contribution < -0.4 is 4.72 Å². The first-order valence-electron chi connectivity index (χ1n) is 5.19. The lowest BCUT2D eigenvalue weighted by Gasteiger charge is -2.09. The molecule has 0 radical (unpaired) electrons. The second kappa shape index (κ2) is 5.65. The molecule has 0 spiro atoms. The molecule has 0 unspecified atom stereocenters. The zero-order valence-electron chi connectivity index (χ0n) is 9.73. The van der Waals surface area contributed by atoms with Gasteiger partial charge in [0.25, 0.3) is 10.0 Å². The van der Waals surface area contributed by atoms with Gasteiger partial charge < -0.3 is 5.11 Å². The maximum atomic E-state index is 13.5. The number of benzene rings is 1. The first-order valence-corrected chi connectivity index (χ1v) is 7.93. The van der Waals surface area contributed by atoms with Crippen molar-refractivity contribution in [1.82, 2.24) is 0 Å². The highest BCUT2D eigenvalue weighted by Crippen LogP contribution is 2.30. The summed E-state index contributed by atoms with van der Waals surface area (Å²) in [5.74, 6) is -2.02. The molecule has 1 aromatic carbocycles. The summed E-state index contributed by atoms with van der Waals surface area (Å²) in [6.07, 6.45) is 0. The number of halogens is 3. The number of aliphatic hydroxyl groups is 1. The van der Waals surface area contributed by atoms with Crippen molar-refractivity contribution in [3.05, 3.63) is 45.8 Å². The van der Waals surface area contributed by atoms with E-state index in [1.54, 1.807) is 0 Å². The zero-order valence-corrected chi connectivity index (χ0v) is 12.1. The Kier molecular flexibility index (Phi) is 4.28. The molecule has 0 bridgehead atoms. The van der Waals surface area contributed by atoms with Gasteiger partial charge in [0.05, 0.1) is 11.6 Å². The van der Waals surface area contributed by atoms with Gasteiger partial charge in [-0.15, -0.1) is 11.3 Å². The van der Waals surface area contributed by atoms with Crippen LogP contribution in [-0.4, -0.2) is 13.5 Å². The topological polar surface area (TPSA) is 66.4 Å². The molecule has 0 atom stereocenters. The van der Waals surface area contributed by atoms with Gasteiger partial charge in [0.2, 0.25) is 0 Å². The Morgan fingerprint density at radius 3 is 2.55 bits per heavy atom. The largest absolute Gasteiger partial charge is 0.392 e. The normalized spacial score (nSPS) is 11.6. The Labute approximate surface area is 122 Å². The molecule has 20 heavy (non-hydrogen) atoms. The molecule has 108 valence electrons. The summed E-state index contributed by atoms with van der Waals surface area (Å²) >= 11 is 6.48. The van der Waals surface area contributed by atoms with Gasteiger partial charge in [0.15, 0.2) is 5.82 Å². The molecule has 2 rings (SSSR count). The van der Waals surface area contributed by atoms with Gasteiger partial charge in [-0.2, -0.15) is 0 Å². The Bertz CT molecular complexity index is 723. The van der Waals surface area contributed by atoms with Crippen LogP contribution in [0.1, 0.15) is 5.56 Å². The molecule has 0 fully saturated rings. The van der Waals surface area contributed by atoms with E-state index in [0.29, 0.717) is 11.6 Å². The number of thiophene rings is 1. The van der Waals surface area contributed by atoms with Crippen LogP contribution in [0.25, 0.3) is 0 Å². The molecule has 0 saturated carbocycles. The second-order valence-corrected chi connectivity index (χ2v) is 7.01. The number of rotatable bonds is 4. The lowest BCUT2D eigenvalue weighted by molar-refractivity contribution is 0.282. The second-order valence-electron chi connectivity index (χ2n) is 3.78. The van der Waals surface area contributed by atoms with E-state index in [1.165, 1.54) is 11.4 Å². The van der Waals surface area contributed by atoms with Gasteiger partial charge in [-0.3, -0.25) is 4.72 Å². The van der Waals surface area contributed by atoms with E-state index < -0.39 is 27.3 Å². The van der Waals surface area contributed by atoms with Crippen LogP contribution in [0, 0.1) is 11.6 Å². The number of nitrogens with one attached hydrogen (secondary N) is 1.